The molecule has 0 atom stereocenters. The maximum absolute atomic E-state index is 13.0. The number of hydrogen-bond donors (Lipinski definition) is 2. The lowest BCUT2D eigenvalue weighted by Crippen LogP contribution is -2.10. The van der Waals surface area contributed by atoms with E-state index in [1.807, 2.05) is 4.98 Å². The summed E-state index contributed by atoms with van der Waals surface area (Å²) in [4.78, 5) is 13.0. The molecule has 0 bridgehead atoms. The third-order valence-electron chi connectivity index (χ3n) is 2.21. The van der Waals surface area contributed by atoms with Crippen molar-refractivity contribution in [2.24, 2.45) is 0 Å². The van der Waals surface area contributed by atoms with Crippen molar-refractivity contribution in [2.45, 2.75) is 6.18 Å². The molecule has 0 saturated carbocycles. The lowest BCUT2D eigenvalue weighted by atomic mass is 10.1. The molecule has 0 amide bonds. The number of nitrogens with one attached hydrogen (secondary N) is 1. The number of pyridine rings is 1. The molecule has 3 nitrogen and oxygen atoms in total. The van der Waals surface area contributed by atoms with E-state index in [2.05, 4.69) is 0 Å². The molecule has 0 aliphatic heterocycles. The van der Waals surface area contributed by atoms with E-state index < -0.39 is 34.3 Å². The summed E-state index contributed by atoms with van der Waals surface area (Å²) in [7, 11) is 0. The van der Waals surface area contributed by atoms with Crippen molar-refractivity contribution in [1.82, 2.24) is 4.98 Å². The van der Waals surface area contributed by atoms with Crippen LogP contribution in [0.25, 0.3) is 10.9 Å². The zero-order valence-electron chi connectivity index (χ0n) is 8.10. The molecule has 0 spiro atoms. The van der Waals surface area contributed by atoms with Gasteiger partial charge in [-0.2, -0.15) is 13.2 Å². The van der Waals surface area contributed by atoms with Crippen LogP contribution in [0.5, 0.6) is 5.75 Å². The van der Waals surface area contributed by atoms with Gasteiger partial charge in [0, 0.05) is 5.39 Å². The molecule has 1 aromatic heterocycles. The summed E-state index contributed by atoms with van der Waals surface area (Å²) in [5, 5.41) is 8.61. The van der Waals surface area contributed by atoms with Gasteiger partial charge in [-0.15, -0.1) is 0 Å². The summed E-state index contributed by atoms with van der Waals surface area (Å²) in [5.74, 6) is -1.97. The van der Waals surface area contributed by atoms with Crippen molar-refractivity contribution in [3.8, 4) is 5.75 Å². The second kappa shape index (κ2) is 3.47. The van der Waals surface area contributed by atoms with Gasteiger partial charge in [-0.25, -0.2) is 4.39 Å². The highest BCUT2D eigenvalue weighted by atomic mass is 19.4. The number of aromatic hydroxyl groups is 1. The summed E-state index contributed by atoms with van der Waals surface area (Å²) in [5.41, 5.74) is -2.55. The lowest BCUT2D eigenvalue weighted by molar-refractivity contribution is -0.136. The van der Waals surface area contributed by atoms with Crippen molar-refractivity contribution >= 4 is 10.9 Å². The first-order valence-corrected chi connectivity index (χ1v) is 4.42. The molecule has 17 heavy (non-hydrogen) atoms. The van der Waals surface area contributed by atoms with E-state index in [4.69, 9.17) is 5.11 Å². The first-order chi connectivity index (χ1) is 7.79. The first-order valence-electron chi connectivity index (χ1n) is 4.42. The van der Waals surface area contributed by atoms with E-state index in [1.54, 1.807) is 0 Å². The largest absolute Gasteiger partial charge is 0.503 e. The van der Waals surface area contributed by atoms with Crippen LogP contribution in [0.2, 0.25) is 0 Å². The Balaban J connectivity index is 2.93. The van der Waals surface area contributed by atoms with Crippen LogP contribution in [0.3, 0.4) is 0 Å². The minimum atomic E-state index is -4.77. The minimum Gasteiger partial charge on any atom is -0.503 e. The fraction of sp³-hybridized carbons (Fsp3) is 0.100. The Morgan fingerprint density at radius 1 is 1.18 bits per heavy atom. The second-order valence-corrected chi connectivity index (χ2v) is 3.40. The van der Waals surface area contributed by atoms with Crippen molar-refractivity contribution in [3.63, 3.8) is 0 Å². The summed E-state index contributed by atoms with van der Waals surface area (Å²) < 4.78 is 50.7. The molecule has 2 N–H and O–H groups in total. The van der Waals surface area contributed by atoms with Crippen LogP contribution in [0.4, 0.5) is 17.6 Å². The van der Waals surface area contributed by atoms with Crippen LogP contribution in [-0.4, -0.2) is 10.1 Å². The van der Waals surface area contributed by atoms with Gasteiger partial charge in [0.2, 0.25) is 0 Å². The van der Waals surface area contributed by atoms with E-state index in [9.17, 15) is 22.4 Å². The number of halogens is 4. The molecule has 90 valence electrons. The van der Waals surface area contributed by atoms with E-state index in [0.29, 0.717) is 12.1 Å². The normalized spacial score (nSPS) is 12.0. The average molecular weight is 247 g/mol. The van der Waals surface area contributed by atoms with Crippen LogP contribution >= 0.6 is 0 Å². The zero-order valence-corrected chi connectivity index (χ0v) is 8.10. The van der Waals surface area contributed by atoms with E-state index in [-0.39, 0.29) is 5.52 Å². The van der Waals surface area contributed by atoms with E-state index in [0.717, 1.165) is 6.07 Å². The van der Waals surface area contributed by atoms with Crippen molar-refractivity contribution in [1.29, 1.82) is 0 Å². The molecular formula is C10H5F4NO2. The van der Waals surface area contributed by atoms with Gasteiger partial charge in [-0.1, -0.05) is 0 Å². The quantitative estimate of drug-likeness (QED) is 0.702. The first kappa shape index (κ1) is 11.4. The monoisotopic (exact) mass is 247 g/mol. The molecule has 2 aromatic rings. The molecule has 2 rings (SSSR count). The molecule has 0 unspecified atom stereocenters. The third-order valence-corrected chi connectivity index (χ3v) is 2.21. The molecule has 0 radical (unpaired) electrons. The van der Waals surface area contributed by atoms with Crippen LogP contribution in [0.1, 0.15) is 5.56 Å². The van der Waals surface area contributed by atoms with Crippen LogP contribution in [0, 0.1) is 5.82 Å². The molecule has 0 aliphatic rings. The summed E-state index contributed by atoms with van der Waals surface area (Å²) >= 11 is 0. The maximum atomic E-state index is 13.0. The Kier molecular flexibility index (Phi) is 2.34. The van der Waals surface area contributed by atoms with Crippen LogP contribution < -0.4 is 5.56 Å². The highest BCUT2D eigenvalue weighted by Gasteiger charge is 2.33. The maximum Gasteiger partial charge on any atom is 0.417 e. The second-order valence-electron chi connectivity index (χ2n) is 3.40. The zero-order chi connectivity index (χ0) is 12.8. The Labute approximate surface area is 91.3 Å². The number of alkyl halides is 3. The van der Waals surface area contributed by atoms with E-state index >= 15 is 0 Å². The summed E-state index contributed by atoms with van der Waals surface area (Å²) in [6.07, 6.45) is -4.77. The van der Waals surface area contributed by atoms with Gasteiger partial charge in [0.1, 0.15) is 5.82 Å². The van der Waals surface area contributed by atoms with Gasteiger partial charge in [-0.05, 0) is 18.2 Å². The molecule has 7 heteroatoms. The van der Waals surface area contributed by atoms with Gasteiger partial charge in [0.05, 0.1) is 11.1 Å². The Morgan fingerprint density at radius 2 is 1.82 bits per heavy atom. The summed E-state index contributed by atoms with van der Waals surface area (Å²) in [6.45, 7) is 0. The van der Waals surface area contributed by atoms with Crippen molar-refractivity contribution in [2.75, 3.05) is 0 Å². The molecule has 0 fully saturated rings. The predicted octanol–water partition coefficient (Wildman–Crippen LogP) is 2.39. The smallest absolute Gasteiger partial charge is 0.417 e. The number of fused-ring (bicyclic) bond motifs is 1. The average Bonchev–Trinajstić information content (AvgIpc) is 2.18. The number of rotatable bonds is 0. The Hall–Kier alpha value is -2.05. The molecule has 1 heterocycles. The van der Waals surface area contributed by atoms with Gasteiger partial charge < -0.3 is 10.1 Å². The highest BCUT2D eigenvalue weighted by molar-refractivity contribution is 5.83. The molecule has 0 aliphatic carbocycles. The minimum absolute atomic E-state index is 0.306. The molecule has 1 aromatic carbocycles. The SMILES string of the molecule is O=c1[nH]c2cc(F)cc(C(F)(F)F)c2cc1O. The van der Waals surface area contributed by atoms with Gasteiger partial charge in [0.25, 0.3) is 5.56 Å². The standard InChI is InChI=1S/C10H5F4NO2/c11-4-1-6(10(12,13)14)5-3-8(16)9(17)15-7(5)2-4/h1-3,16H,(H,15,17). The van der Waals surface area contributed by atoms with Gasteiger partial charge in [0.15, 0.2) is 5.75 Å². The number of hydrogen-bond acceptors (Lipinski definition) is 2. The van der Waals surface area contributed by atoms with Gasteiger partial charge in [-0.3, -0.25) is 4.79 Å². The predicted molar refractivity (Wildman–Crippen MR) is 51.2 cm³/mol. The summed E-state index contributed by atoms with van der Waals surface area (Å²) in [6, 6.07) is 1.72. The van der Waals surface area contributed by atoms with Gasteiger partial charge >= 0.3 is 6.18 Å². The highest BCUT2D eigenvalue weighted by Crippen LogP contribution is 2.35. The third kappa shape index (κ3) is 1.95. The number of aromatic nitrogens is 1. The van der Waals surface area contributed by atoms with Crippen molar-refractivity contribution < 1.29 is 22.7 Å². The number of benzene rings is 1. The van der Waals surface area contributed by atoms with Crippen molar-refractivity contribution in [3.05, 3.63) is 39.9 Å². The fourth-order valence-corrected chi connectivity index (χ4v) is 1.50. The Bertz CT molecular complexity index is 645. The van der Waals surface area contributed by atoms with E-state index in [1.165, 1.54) is 0 Å². The van der Waals surface area contributed by atoms with Crippen LogP contribution in [-0.2, 0) is 6.18 Å². The fourth-order valence-electron chi connectivity index (χ4n) is 1.50. The van der Waals surface area contributed by atoms with Crippen LogP contribution in [0.15, 0.2) is 23.0 Å². The lowest BCUT2D eigenvalue weighted by Gasteiger charge is -2.10. The Morgan fingerprint density at radius 3 is 2.41 bits per heavy atom. The molecule has 0 saturated heterocycles. The molecular weight excluding hydrogens is 242 g/mol. The number of aromatic amines is 1. The topological polar surface area (TPSA) is 53.1 Å². The number of H-pyrrole nitrogens is 1.